The van der Waals surface area contributed by atoms with E-state index in [2.05, 4.69) is 23.5 Å². The summed E-state index contributed by atoms with van der Waals surface area (Å²) >= 11 is 6.18. The van der Waals surface area contributed by atoms with E-state index in [0.29, 0.717) is 11.8 Å². The van der Waals surface area contributed by atoms with E-state index in [1.807, 2.05) is 36.4 Å². The first-order valence-corrected chi connectivity index (χ1v) is 8.35. The lowest BCUT2D eigenvalue weighted by molar-refractivity contribution is 0.101. The van der Waals surface area contributed by atoms with E-state index in [4.69, 9.17) is 11.6 Å². The summed E-state index contributed by atoms with van der Waals surface area (Å²) in [5.41, 5.74) is 4.35. The van der Waals surface area contributed by atoms with Crippen molar-refractivity contribution >= 4 is 23.1 Å². The molecule has 0 fully saturated rings. The van der Waals surface area contributed by atoms with Gasteiger partial charge in [0.1, 0.15) is 0 Å². The lowest BCUT2D eigenvalue weighted by Gasteiger charge is -2.37. The molecule has 0 saturated heterocycles. The third kappa shape index (κ3) is 2.47. The molecule has 0 aromatic heterocycles. The van der Waals surface area contributed by atoms with Gasteiger partial charge in [-0.1, -0.05) is 35.9 Å². The molecule has 1 N–H and O–H groups in total. The Bertz CT molecular complexity index is 811. The van der Waals surface area contributed by atoms with Crippen molar-refractivity contribution in [1.82, 2.24) is 0 Å². The van der Waals surface area contributed by atoms with E-state index in [9.17, 15) is 4.79 Å². The van der Waals surface area contributed by atoms with Crippen LogP contribution in [0.5, 0.6) is 0 Å². The summed E-state index contributed by atoms with van der Waals surface area (Å²) in [5.74, 6) is 0.931. The summed E-state index contributed by atoms with van der Waals surface area (Å²) in [6.45, 7) is 1.62. The van der Waals surface area contributed by atoms with Gasteiger partial charge in [-0.25, -0.2) is 0 Å². The zero-order valence-corrected chi connectivity index (χ0v) is 13.7. The molecule has 2 nitrogen and oxygen atoms in total. The molecule has 0 radical (unpaired) electrons. The van der Waals surface area contributed by atoms with Gasteiger partial charge in [-0.05, 0) is 60.7 Å². The number of halogens is 1. The van der Waals surface area contributed by atoms with Gasteiger partial charge in [-0.3, -0.25) is 4.79 Å². The van der Waals surface area contributed by atoms with Gasteiger partial charge in [0.25, 0.3) is 0 Å². The van der Waals surface area contributed by atoms with Crippen molar-refractivity contribution in [3.05, 3.63) is 76.3 Å². The molecule has 1 heterocycles. The number of ketones is 1. The second-order valence-electron chi connectivity index (χ2n) is 6.39. The maximum atomic E-state index is 11.7. The fourth-order valence-electron chi connectivity index (χ4n) is 3.84. The van der Waals surface area contributed by atoms with Gasteiger partial charge in [0.2, 0.25) is 0 Å². The van der Waals surface area contributed by atoms with E-state index < -0.39 is 0 Å². The van der Waals surface area contributed by atoms with Crippen molar-refractivity contribution in [1.29, 1.82) is 0 Å². The van der Waals surface area contributed by atoms with Crippen molar-refractivity contribution in [3.63, 3.8) is 0 Å². The normalized spacial score (nSPS) is 24.7. The maximum Gasteiger partial charge on any atom is 0.159 e. The zero-order chi connectivity index (χ0) is 16.0. The van der Waals surface area contributed by atoms with Crippen LogP contribution in [0.3, 0.4) is 0 Å². The predicted octanol–water partition coefficient (Wildman–Crippen LogP) is 5.37. The number of hydrogen-bond acceptors (Lipinski definition) is 2. The Kier molecular flexibility index (Phi) is 3.50. The highest BCUT2D eigenvalue weighted by molar-refractivity contribution is 6.30. The molecular formula is C20H18ClNO. The Labute approximate surface area is 141 Å². The first-order chi connectivity index (χ1) is 11.1. The number of hydrogen-bond donors (Lipinski definition) is 1. The molecule has 3 heteroatoms. The number of carbonyl (C=O) groups is 1. The molecule has 2 aliphatic rings. The highest BCUT2D eigenvalue weighted by Crippen LogP contribution is 2.50. The van der Waals surface area contributed by atoms with E-state index >= 15 is 0 Å². The number of allylic oxidation sites excluding steroid dienone is 2. The van der Waals surface area contributed by atoms with Crippen molar-refractivity contribution in [2.45, 2.75) is 25.3 Å². The molecule has 23 heavy (non-hydrogen) atoms. The van der Waals surface area contributed by atoms with E-state index in [0.717, 1.165) is 22.7 Å². The molecule has 2 aromatic rings. The second-order valence-corrected chi connectivity index (χ2v) is 6.83. The zero-order valence-electron chi connectivity index (χ0n) is 12.9. The van der Waals surface area contributed by atoms with Gasteiger partial charge >= 0.3 is 0 Å². The van der Waals surface area contributed by atoms with Gasteiger partial charge in [0.15, 0.2) is 5.78 Å². The summed E-state index contributed by atoms with van der Waals surface area (Å²) in [6, 6.07) is 14.3. The summed E-state index contributed by atoms with van der Waals surface area (Å²) in [4.78, 5) is 11.7. The number of benzene rings is 2. The number of nitrogens with one attached hydrogen (secondary N) is 1. The molecule has 116 valence electrons. The minimum atomic E-state index is 0.114. The fraction of sp³-hybridized carbons (Fsp3) is 0.250. The summed E-state index contributed by atoms with van der Waals surface area (Å²) < 4.78 is 0. The molecule has 0 amide bonds. The Hall–Kier alpha value is -2.06. The SMILES string of the molecule is CC(=O)c1ccc2c(c1)[C@@H]1C=CC[C@H]1[C@@H](c1cccc(Cl)c1)N2. The van der Waals surface area contributed by atoms with Crippen molar-refractivity contribution < 1.29 is 4.79 Å². The standard InChI is InChI=1S/C20H18ClNO/c1-12(23)13-8-9-19-18(11-13)16-6-3-7-17(16)20(22-19)14-4-2-5-15(21)10-14/h2-6,8-11,16-17,20,22H,7H2,1H3/t16-,17-,20-/m1/s1. The second kappa shape index (κ2) is 5.54. The van der Waals surface area contributed by atoms with Gasteiger partial charge in [0, 0.05) is 22.2 Å². The first-order valence-electron chi connectivity index (χ1n) is 7.97. The van der Waals surface area contributed by atoms with E-state index in [1.165, 1.54) is 11.1 Å². The van der Waals surface area contributed by atoms with Crippen LogP contribution in [0, 0.1) is 5.92 Å². The number of rotatable bonds is 2. The third-order valence-corrected chi connectivity index (χ3v) is 5.21. The highest BCUT2D eigenvalue weighted by atomic mass is 35.5. The van der Waals surface area contributed by atoms with Gasteiger partial charge < -0.3 is 5.32 Å². The topological polar surface area (TPSA) is 29.1 Å². The van der Waals surface area contributed by atoms with Gasteiger partial charge in [-0.2, -0.15) is 0 Å². The predicted molar refractivity (Wildman–Crippen MR) is 94.3 cm³/mol. The monoisotopic (exact) mass is 323 g/mol. The van der Waals surface area contributed by atoms with Crippen molar-refractivity contribution in [3.8, 4) is 0 Å². The molecule has 0 spiro atoms. The number of fused-ring (bicyclic) bond motifs is 3. The lowest BCUT2D eigenvalue weighted by Crippen LogP contribution is -2.29. The Morgan fingerprint density at radius 2 is 2.09 bits per heavy atom. The van der Waals surface area contributed by atoms with Crippen molar-refractivity contribution in [2.24, 2.45) is 5.92 Å². The fourth-order valence-corrected chi connectivity index (χ4v) is 4.04. The van der Waals surface area contributed by atoms with Crippen LogP contribution in [0.4, 0.5) is 5.69 Å². The van der Waals surface area contributed by atoms with Crippen LogP contribution in [0.15, 0.2) is 54.6 Å². The van der Waals surface area contributed by atoms with Crippen LogP contribution in [0.2, 0.25) is 5.02 Å². The molecule has 1 aliphatic heterocycles. The molecule has 0 bridgehead atoms. The smallest absolute Gasteiger partial charge is 0.159 e. The molecule has 0 unspecified atom stereocenters. The van der Waals surface area contributed by atoms with Crippen molar-refractivity contribution in [2.75, 3.05) is 5.32 Å². The van der Waals surface area contributed by atoms with E-state index in [-0.39, 0.29) is 11.8 Å². The van der Waals surface area contributed by atoms with Crippen LogP contribution in [-0.4, -0.2) is 5.78 Å². The average molecular weight is 324 g/mol. The van der Waals surface area contributed by atoms with Gasteiger partial charge in [-0.15, -0.1) is 0 Å². The first kappa shape index (κ1) is 14.5. The van der Waals surface area contributed by atoms with Crippen LogP contribution < -0.4 is 5.32 Å². The molecule has 2 aromatic carbocycles. The maximum absolute atomic E-state index is 11.7. The quantitative estimate of drug-likeness (QED) is 0.594. The molecule has 3 atom stereocenters. The summed E-state index contributed by atoms with van der Waals surface area (Å²) in [7, 11) is 0. The third-order valence-electron chi connectivity index (χ3n) is 4.98. The average Bonchev–Trinajstić information content (AvgIpc) is 3.03. The Balaban J connectivity index is 1.79. The molecular weight excluding hydrogens is 306 g/mol. The van der Waals surface area contributed by atoms with Crippen LogP contribution in [0.25, 0.3) is 0 Å². The number of anilines is 1. The highest BCUT2D eigenvalue weighted by Gasteiger charge is 2.38. The number of carbonyl (C=O) groups excluding carboxylic acids is 1. The Morgan fingerprint density at radius 1 is 1.22 bits per heavy atom. The Morgan fingerprint density at radius 3 is 2.87 bits per heavy atom. The summed E-state index contributed by atoms with van der Waals surface area (Å²) in [6.07, 6.45) is 5.58. The van der Waals surface area contributed by atoms with Crippen LogP contribution in [0.1, 0.15) is 46.8 Å². The minimum Gasteiger partial charge on any atom is -0.378 e. The van der Waals surface area contributed by atoms with Crippen LogP contribution in [-0.2, 0) is 0 Å². The molecule has 1 aliphatic carbocycles. The van der Waals surface area contributed by atoms with Crippen LogP contribution >= 0.6 is 11.6 Å². The molecule has 4 rings (SSSR count). The number of Topliss-reactive ketones (excluding diaryl/α,β-unsaturated/α-hetero) is 1. The van der Waals surface area contributed by atoms with Gasteiger partial charge in [0.05, 0.1) is 6.04 Å². The minimum absolute atomic E-state index is 0.114. The molecule has 0 saturated carbocycles. The van der Waals surface area contributed by atoms with E-state index in [1.54, 1.807) is 6.92 Å². The summed E-state index contributed by atoms with van der Waals surface area (Å²) in [5, 5.41) is 4.44. The lowest BCUT2D eigenvalue weighted by atomic mass is 9.76. The largest absolute Gasteiger partial charge is 0.378 e.